The summed E-state index contributed by atoms with van der Waals surface area (Å²) in [4.78, 5) is 4.50. The molecule has 0 spiro atoms. The Morgan fingerprint density at radius 2 is 1.07 bits per heavy atom. The maximum atomic E-state index is 8.61. The number of morpholine rings is 1. The number of rotatable bonds is 31. The third-order valence-electron chi connectivity index (χ3n) is 8.56. The molecule has 346 valence electrons. The molecule has 1 aliphatic heterocycles. The van der Waals surface area contributed by atoms with Crippen LogP contribution in [0.4, 0.5) is 0 Å². The SMILES string of the molecule is CCN(CCO)CCCO.CCN1CCOCC1.COC(CCCC/C=C/C=C/CCCCO)OC.COC(CCCC/C=C/I)OC.OCCCC/C=C/B(O)O. The summed E-state index contributed by atoms with van der Waals surface area (Å²) in [6.07, 6.45) is 27.4. The number of hydrogen-bond acceptors (Lipinski definition) is 13. The minimum atomic E-state index is -1.34. The van der Waals surface area contributed by atoms with E-state index >= 15 is 0 Å². The van der Waals surface area contributed by atoms with E-state index < -0.39 is 7.12 Å². The van der Waals surface area contributed by atoms with Crippen molar-refractivity contribution < 1.29 is 54.2 Å². The van der Waals surface area contributed by atoms with Crippen LogP contribution >= 0.6 is 22.6 Å². The highest BCUT2D eigenvalue weighted by Crippen LogP contribution is 2.08. The molecule has 13 nitrogen and oxygen atoms in total. The zero-order valence-corrected chi connectivity index (χ0v) is 39.6. The van der Waals surface area contributed by atoms with Gasteiger partial charge in [0.2, 0.25) is 0 Å². The lowest BCUT2D eigenvalue weighted by molar-refractivity contribution is -0.107. The van der Waals surface area contributed by atoms with E-state index in [0.717, 1.165) is 136 Å². The van der Waals surface area contributed by atoms with Gasteiger partial charge in [0.15, 0.2) is 12.6 Å². The molecule has 0 bridgehead atoms. The molecule has 0 atom stereocenters. The number of hydrogen-bond donors (Lipinski definition) is 6. The molecule has 0 aromatic rings. The van der Waals surface area contributed by atoms with E-state index in [0.29, 0.717) is 6.61 Å². The van der Waals surface area contributed by atoms with Crippen LogP contribution in [0.2, 0.25) is 0 Å². The van der Waals surface area contributed by atoms with Crippen molar-refractivity contribution in [1.29, 1.82) is 0 Å². The van der Waals surface area contributed by atoms with Gasteiger partial charge in [-0.15, -0.1) is 0 Å². The van der Waals surface area contributed by atoms with Gasteiger partial charge in [-0.2, -0.15) is 0 Å². The quantitative estimate of drug-likeness (QED) is 0.0151. The molecule has 1 aliphatic rings. The number of nitrogens with zero attached hydrogens (tertiary/aromatic N) is 2. The third-order valence-corrected chi connectivity index (χ3v) is 9.07. The van der Waals surface area contributed by atoms with Crippen LogP contribution in [0, 0.1) is 0 Å². The van der Waals surface area contributed by atoms with Crippen LogP contribution in [-0.4, -0.2) is 167 Å². The van der Waals surface area contributed by atoms with Crippen molar-refractivity contribution in [1.82, 2.24) is 9.80 Å². The van der Waals surface area contributed by atoms with Gasteiger partial charge in [-0.25, -0.2) is 0 Å². The Morgan fingerprint density at radius 3 is 1.43 bits per heavy atom. The first-order valence-electron chi connectivity index (χ1n) is 21.4. The topological polar surface area (TPSA) is 174 Å². The summed E-state index contributed by atoms with van der Waals surface area (Å²) in [6, 6.07) is 0. The second-order valence-corrected chi connectivity index (χ2v) is 13.9. The van der Waals surface area contributed by atoms with Crippen molar-refractivity contribution >= 4 is 29.7 Å². The number of methoxy groups -OCH3 is 4. The Morgan fingerprint density at radius 1 is 0.621 bits per heavy atom. The van der Waals surface area contributed by atoms with Crippen LogP contribution < -0.4 is 0 Å². The van der Waals surface area contributed by atoms with E-state index in [9.17, 15) is 0 Å². The normalized spacial score (nSPS) is 13.2. The number of aliphatic hydroxyl groups excluding tert-OH is 4. The summed E-state index contributed by atoms with van der Waals surface area (Å²) in [5.41, 5.74) is 0. The van der Waals surface area contributed by atoms with Gasteiger partial charge in [-0.3, -0.25) is 4.90 Å². The molecule has 0 amide bonds. The minimum absolute atomic E-state index is 0.0198. The summed E-state index contributed by atoms with van der Waals surface area (Å²) in [5.74, 6) is 1.32. The number of unbranched alkanes of at least 4 members (excludes halogenated alkanes) is 8. The lowest BCUT2D eigenvalue weighted by atomic mass is 9.91. The maximum Gasteiger partial charge on any atom is 0.480 e. The fraction of sp³-hybridized carbons (Fsp3) is 0.814. The Labute approximate surface area is 368 Å². The largest absolute Gasteiger partial charge is 0.480 e. The molecule has 1 fully saturated rings. The molecule has 0 aliphatic carbocycles. The molecular formula is C43H88BIN2O11. The van der Waals surface area contributed by atoms with E-state index in [4.69, 9.17) is 54.2 Å². The number of likely N-dealkylation sites (N-methyl/N-ethyl adjacent to an activating group) is 2. The second kappa shape index (κ2) is 58.3. The average molecular weight is 947 g/mol. The molecule has 1 heterocycles. The van der Waals surface area contributed by atoms with Gasteiger partial charge < -0.3 is 59.1 Å². The van der Waals surface area contributed by atoms with Crippen LogP contribution in [0.25, 0.3) is 0 Å². The lowest BCUT2D eigenvalue weighted by Gasteiger charge is -2.24. The smallest absolute Gasteiger partial charge is 0.424 e. The van der Waals surface area contributed by atoms with Gasteiger partial charge in [0, 0.05) is 74.4 Å². The van der Waals surface area contributed by atoms with Crippen molar-refractivity contribution in [3.05, 3.63) is 46.5 Å². The van der Waals surface area contributed by atoms with Crippen molar-refractivity contribution in [3.63, 3.8) is 0 Å². The Bertz CT molecular complexity index is 847. The molecule has 58 heavy (non-hydrogen) atoms. The molecule has 6 N–H and O–H groups in total. The van der Waals surface area contributed by atoms with E-state index in [2.05, 4.69) is 73.8 Å². The summed E-state index contributed by atoms with van der Waals surface area (Å²) >= 11 is 2.24. The summed E-state index contributed by atoms with van der Waals surface area (Å²) in [7, 11) is 5.37. The highest BCUT2D eigenvalue weighted by Gasteiger charge is 2.06. The van der Waals surface area contributed by atoms with Crippen LogP contribution in [0.3, 0.4) is 0 Å². The monoisotopic (exact) mass is 947 g/mol. The molecule has 0 unspecified atom stereocenters. The predicted octanol–water partition coefficient (Wildman–Crippen LogP) is 6.29. The van der Waals surface area contributed by atoms with Crippen molar-refractivity contribution in [2.45, 2.75) is 123 Å². The Kier molecular flexibility index (Phi) is 64.2. The predicted molar refractivity (Wildman–Crippen MR) is 249 cm³/mol. The fourth-order valence-electron chi connectivity index (χ4n) is 4.97. The van der Waals surface area contributed by atoms with Gasteiger partial charge in [0.1, 0.15) is 0 Å². The molecule has 1 saturated heterocycles. The van der Waals surface area contributed by atoms with E-state index in [1.54, 1.807) is 34.5 Å². The van der Waals surface area contributed by atoms with E-state index in [1.807, 2.05) is 6.92 Å². The number of halogens is 1. The van der Waals surface area contributed by atoms with Crippen molar-refractivity contribution in [2.75, 3.05) is 107 Å². The maximum absolute atomic E-state index is 8.61. The summed E-state index contributed by atoms with van der Waals surface area (Å²) in [5, 5.41) is 50.7. The van der Waals surface area contributed by atoms with E-state index in [-0.39, 0.29) is 32.4 Å². The molecule has 0 saturated carbocycles. The van der Waals surface area contributed by atoms with Gasteiger partial charge >= 0.3 is 7.12 Å². The van der Waals surface area contributed by atoms with Crippen molar-refractivity contribution in [2.24, 2.45) is 0 Å². The summed E-state index contributed by atoms with van der Waals surface area (Å²) < 4.78 is 27.6. The zero-order chi connectivity index (χ0) is 44.2. The first-order chi connectivity index (χ1) is 28.2. The number of aliphatic hydroxyl groups is 4. The third kappa shape index (κ3) is 57.3. The fourth-order valence-corrected chi connectivity index (χ4v) is 5.33. The first-order valence-corrected chi connectivity index (χ1v) is 22.7. The highest BCUT2D eigenvalue weighted by molar-refractivity contribution is 14.1. The summed E-state index contributed by atoms with van der Waals surface area (Å²) in [6.45, 7) is 13.0. The molecule has 0 aromatic heterocycles. The van der Waals surface area contributed by atoms with E-state index in [1.165, 1.54) is 18.9 Å². The standard InChI is InChI=1S/C15H28O3.C9H17IO2.C7H17NO2.C6H13BO3.C6H13NO/c1-17-15(18-2)13-11-9-7-5-3-4-6-8-10-12-14-16;1-11-9(12-2)7-5-3-4-6-8-10;1-2-8(5-7-10)4-3-6-9;8-6-4-2-1-3-5-7(9)10;1-2-7-3-5-8-6-4-7/h3-6,15-16H,7-14H2,1-2H3;6,8-9H,3-5,7H2,1-2H3;9-10H,2-7H2,1H3;3,5,8-10H,1-2,4,6H2;2-6H2,1H3/b5-3+,6-4+;8-6+;;5-3+;. The Balaban J connectivity index is -0.000000324. The van der Waals surface area contributed by atoms with Gasteiger partial charge in [-0.05, 0) is 113 Å². The number of allylic oxidation sites excluding steroid dienone is 6. The molecule has 0 aromatic carbocycles. The van der Waals surface area contributed by atoms with Gasteiger partial charge in [0.25, 0.3) is 0 Å². The lowest BCUT2D eigenvalue weighted by Crippen LogP contribution is -2.35. The second-order valence-electron chi connectivity index (χ2n) is 13.2. The molecular weight excluding hydrogens is 858 g/mol. The van der Waals surface area contributed by atoms with Gasteiger partial charge in [-0.1, -0.05) is 78.9 Å². The minimum Gasteiger partial charge on any atom is -0.424 e. The average Bonchev–Trinajstić information content (AvgIpc) is 3.25. The first kappa shape index (κ1) is 63.9. The number of ether oxygens (including phenoxy) is 5. The highest BCUT2D eigenvalue weighted by atomic mass is 127. The zero-order valence-electron chi connectivity index (χ0n) is 37.4. The Hall–Kier alpha value is -0.765. The van der Waals surface area contributed by atoms with Crippen LogP contribution in [-0.2, 0) is 23.7 Å². The molecule has 15 heteroatoms. The van der Waals surface area contributed by atoms with Crippen molar-refractivity contribution in [3.8, 4) is 0 Å². The molecule has 0 radical (unpaired) electrons. The van der Waals surface area contributed by atoms with Gasteiger partial charge in [0.05, 0.1) is 19.8 Å². The van der Waals surface area contributed by atoms with Crippen LogP contribution in [0.5, 0.6) is 0 Å². The molecule has 1 rings (SSSR count). The van der Waals surface area contributed by atoms with Crippen LogP contribution in [0.15, 0.2) is 46.5 Å². The van der Waals surface area contributed by atoms with Crippen LogP contribution in [0.1, 0.15) is 110 Å².